The van der Waals surface area contributed by atoms with Gasteiger partial charge in [0.05, 0.1) is 18.0 Å². The van der Waals surface area contributed by atoms with Gasteiger partial charge in [-0.15, -0.1) is 0 Å². The van der Waals surface area contributed by atoms with Crippen molar-refractivity contribution in [2.24, 2.45) is 0 Å². The highest BCUT2D eigenvalue weighted by molar-refractivity contribution is 7.70. The minimum atomic E-state index is -2.52. The summed E-state index contributed by atoms with van der Waals surface area (Å²) in [6.07, 6.45) is 3.74. The minimum absolute atomic E-state index is 0.0603. The Bertz CT molecular complexity index is 1420. The molecule has 0 radical (unpaired) electrons. The lowest BCUT2D eigenvalue weighted by atomic mass is 10.0. The summed E-state index contributed by atoms with van der Waals surface area (Å²) >= 11 is 6.46. The number of para-hydroxylation sites is 1. The average molecular weight is 613 g/mol. The minimum Gasteiger partial charge on any atom is -0.473 e. The second kappa shape index (κ2) is 13.2. The third-order valence-electron chi connectivity index (χ3n) is 7.76. The number of aromatic nitrogens is 3. The number of likely N-dealkylation sites (N-methyl/N-ethyl adjacent to an activating group) is 1. The van der Waals surface area contributed by atoms with E-state index < -0.39 is 7.14 Å². The van der Waals surface area contributed by atoms with E-state index in [0.29, 0.717) is 40.1 Å². The monoisotopic (exact) mass is 612 g/mol. The molecule has 0 spiro atoms. The van der Waals surface area contributed by atoms with Gasteiger partial charge >= 0.3 is 0 Å². The topological polar surface area (TPSA) is 98.8 Å². The molecule has 0 saturated carbocycles. The van der Waals surface area contributed by atoms with E-state index in [-0.39, 0.29) is 6.10 Å². The second-order valence-electron chi connectivity index (χ2n) is 11.8. The molecule has 4 heterocycles. The summed E-state index contributed by atoms with van der Waals surface area (Å²) in [5.74, 6) is 2.16. The van der Waals surface area contributed by atoms with Gasteiger partial charge in [-0.3, -0.25) is 4.90 Å². The third kappa shape index (κ3) is 7.53. The normalized spacial score (nSPS) is 17.5. The van der Waals surface area contributed by atoms with Gasteiger partial charge in [-0.1, -0.05) is 23.7 Å². The molecular formula is C30H42ClN8O2P. The number of piperazine rings is 1. The number of hydrogen-bond acceptors (Lipinski definition) is 10. The summed E-state index contributed by atoms with van der Waals surface area (Å²) in [5.41, 5.74) is 1.36. The molecule has 12 heteroatoms. The third-order valence-corrected chi connectivity index (χ3v) is 9.59. The van der Waals surface area contributed by atoms with E-state index in [9.17, 15) is 4.57 Å². The Morgan fingerprint density at radius 3 is 2.36 bits per heavy atom. The zero-order valence-corrected chi connectivity index (χ0v) is 26.8. The Morgan fingerprint density at radius 2 is 1.67 bits per heavy atom. The first kappa shape index (κ1) is 30.5. The lowest BCUT2D eigenvalue weighted by Crippen LogP contribution is -2.52. The summed E-state index contributed by atoms with van der Waals surface area (Å²) in [7, 11) is -0.320. The van der Waals surface area contributed by atoms with Crippen LogP contribution in [0.1, 0.15) is 26.7 Å². The standard InChI is InChI=1S/C30H42ClN8O2P/c1-21(2)41-29-25(10-11-27(35-29)39-14-12-22(13-15-39)38-18-16-37(3)17-19-38)34-30-32-20-23(31)28(36-30)33-24-8-6-7-9-26(24)42(4,5)40/h6-11,20-22H,12-19H2,1-5H3,(H2,32,33,34,36). The van der Waals surface area contributed by atoms with Crippen LogP contribution in [0.4, 0.5) is 29.0 Å². The van der Waals surface area contributed by atoms with Gasteiger partial charge in [0.15, 0.2) is 5.82 Å². The maximum Gasteiger partial charge on any atom is 0.240 e. The van der Waals surface area contributed by atoms with Crippen LogP contribution in [0.15, 0.2) is 42.6 Å². The predicted octanol–water partition coefficient (Wildman–Crippen LogP) is 5.26. The number of ether oxygens (including phenoxy) is 1. The van der Waals surface area contributed by atoms with Crippen molar-refractivity contribution in [2.45, 2.75) is 38.8 Å². The highest BCUT2D eigenvalue weighted by Gasteiger charge is 2.27. The summed E-state index contributed by atoms with van der Waals surface area (Å²) < 4.78 is 19.0. The van der Waals surface area contributed by atoms with Crippen molar-refractivity contribution in [1.82, 2.24) is 24.8 Å². The summed E-state index contributed by atoms with van der Waals surface area (Å²) in [6.45, 7) is 14.0. The Balaban J connectivity index is 1.31. The lowest BCUT2D eigenvalue weighted by Gasteiger charge is -2.42. The van der Waals surface area contributed by atoms with Crippen LogP contribution in [-0.4, -0.2) is 96.5 Å². The first-order valence-corrected chi connectivity index (χ1v) is 17.6. The quantitative estimate of drug-likeness (QED) is 0.311. The lowest BCUT2D eigenvalue weighted by molar-refractivity contribution is 0.0981. The van der Waals surface area contributed by atoms with Gasteiger partial charge in [0, 0.05) is 50.6 Å². The van der Waals surface area contributed by atoms with Crippen LogP contribution in [0, 0.1) is 0 Å². The molecule has 0 amide bonds. The molecule has 3 aromatic rings. The number of piperidine rings is 1. The average Bonchev–Trinajstić information content (AvgIpc) is 2.96. The summed E-state index contributed by atoms with van der Waals surface area (Å²) in [6, 6.07) is 12.1. The number of rotatable bonds is 9. The molecule has 5 rings (SSSR count). The fraction of sp³-hybridized carbons (Fsp3) is 0.500. The number of halogens is 1. The Hall–Kier alpha value is -2.91. The maximum absolute atomic E-state index is 12.8. The van der Waals surface area contributed by atoms with E-state index in [1.807, 2.05) is 50.2 Å². The first-order chi connectivity index (χ1) is 20.1. The van der Waals surface area contributed by atoms with Gasteiger partial charge in [-0.05, 0) is 71.3 Å². The van der Waals surface area contributed by atoms with Gasteiger partial charge in [-0.2, -0.15) is 9.97 Å². The van der Waals surface area contributed by atoms with Crippen LogP contribution >= 0.6 is 18.7 Å². The van der Waals surface area contributed by atoms with E-state index in [1.165, 1.54) is 6.20 Å². The molecule has 2 fully saturated rings. The highest BCUT2D eigenvalue weighted by atomic mass is 35.5. The second-order valence-corrected chi connectivity index (χ2v) is 15.3. The number of benzene rings is 1. The molecule has 0 bridgehead atoms. The molecule has 2 aliphatic rings. The smallest absolute Gasteiger partial charge is 0.240 e. The predicted molar refractivity (Wildman–Crippen MR) is 173 cm³/mol. The van der Waals surface area contributed by atoms with Crippen LogP contribution in [0.5, 0.6) is 5.88 Å². The zero-order valence-electron chi connectivity index (χ0n) is 25.2. The molecule has 2 aliphatic heterocycles. The van der Waals surface area contributed by atoms with Crippen LogP contribution in [-0.2, 0) is 4.57 Å². The summed E-state index contributed by atoms with van der Waals surface area (Å²) in [5, 5.41) is 7.60. The number of nitrogens with one attached hydrogen (secondary N) is 2. The molecule has 1 aromatic carbocycles. The molecule has 226 valence electrons. The van der Waals surface area contributed by atoms with Crippen LogP contribution in [0.3, 0.4) is 0 Å². The van der Waals surface area contributed by atoms with Crippen molar-refractivity contribution in [3.63, 3.8) is 0 Å². The van der Waals surface area contributed by atoms with Crippen molar-refractivity contribution in [3.05, 3.63) is 47.6 Å². The van der Waals surface area contributed by atoms with Crippen LogP contribution in [0.25, 0.3) is 0 Å². The molecule has 2 N–H and O–H groups in total. The van der Waals surface area contributed by atoms with Gasteiger partial charge in [-0.25, -0.2) is 4.98 Å². The molecule has 2 aromatic heterocycles. The van der Waals surface area contributed by atoms with Crippen molar-refractivity contribution in [1.29, 1.82) is 0 Å². The van der Waals surface area contributed by atoms with Crippen LogP contribution in [0.2, 0.25) is 5.02 Å². The Morgan fingerprint density at radius 1 is 0.952 bits per heavy atom. The fourth-order valence-electron chi connectivity index (χ4n) is 5.47. The Labute approximate surface area is 254 Å². The zero-order chi connectivity index (χ0) is 29.9. The number of hydrogen-bond donors (Lipinski definition) is 2. The van der Waals surface area contributed by atoms with Crippen LogP contribution < -0.4 is 25.6 Å². The summed E-state index contributed by atoms with van der Waals surface area (Å²) in [4.78, 5) is 21.3. The molecule has 0 atom stereocenters. The molecular weight excluding hydrogens is 571 g/mol. The van der Waals surface area contributed by atoms with Gasteiger partial charge in [0.25, 0.3) is 0 Å². The maximum atomic E-state index is 12.8. The molecule has 0 aliphatic carbocycles. The number of pyridine rings is 1. The van der Waals surface area contributed by atoms with Crippen molar-refractivity contribution < 1.29 is 9.30 Å². The molecule has 2 saturated heterocycles. The molecule has 42 heavy (non-hydrogen) atoms. The van der Waals surface area contributed by atoms with Gasteiger partial charge in [0.2, 0.25) is 11.8 Å². The van der Waals surface area contributed by atoms with E-state index in [2.05, 4.69) is 42.3 Å². The van der Waals surface area contributed by atoms with E-state index in [4.69, 9.17) is 21.3 Å². The Kier molecular flexibility index (Phi) is 9.57. The highest BCUT2D eigenvalue weighted by Crippen LogP contribution is 2.39. The number of nitrogens with zero attached hydrogens (tertiary/aromatic N) is 6. The number of anilines is 5. The van der Waals surface area contributed by atoms with Gasteiger partial charge in [0.1, 0.15) is 23.7 Å². The fourth-order valence-corrected chi connectivity index (χ4v) is 6.77. The van der Waals surface area contributed by atoms with Crippen molar-refractivity contribution in [2.75, 3.05) is 75.2 Å². The van der Waals surface area contributed by atoms with Gasteiger partial charge < -0.3 is 29.7 Å². The molecule has 10 nitrogen and oxygen atoms in total. The van der Waals surface area contributed by atoms with E-state index in [1.54, 1.807) is 13.3 Å². The largest absolute Gasteiger partial charge is 0.473 e. The van der Waals surface area contributed by atoms with Crippen molar-refractivity contribution >= 4 is 53.0 Å². The first-order valence-electron chi connectivity index (χ1n) is 14.6. The molecule has 0 unspecified atom stereocenters. The van der Waals surface area contributed by atoms with E-state index >= 15 is 0 Å². The van der Waals surface area contributed by atoms with E-state index in [0.717, 1.165) is 63.2 Å². The SMILES string of the molecule is CC(C)Oc1nc(N2CCC(N3CCN(C)CC3)CC2)ccc1Nc1ncc(Cl)c(Nc2ccccc2P(C)(C)=O)n1. The van der Waals surface area contributed by atoms with Crippen molar-refractivity contribution in [3.8, 4) is 5.88 Å².